The van der Waals surface area contributed by atoms with Gasteiger partial charge in [-0.3, -0.25) is 15.0 Å². The van der Waals surface area contributed by atoms with Gasteiger partial charge in [0.25, 0.3) is 0 Å². The van der Waals surface area contributed by atoms with Crippen molar-refractivity contribution in [1.29, 1.82) is 0 Å². The molecule has 0 aromatic rings. The first-order valence-corrected chi connectivity index (χ1v) is 7.08. The van der Waals surface area contributed by atoms with E-state index in [1.165, 1.54) is 19.9 Å². The molecule has 0 saturated heterocycles. The molecule has 3 amide bonds. The Bertz CT molecular complexity index is 309. The average molecular weight is 270 g/mol. The first-order chi connectivity index (χ1) is 9.12. The fourth-order valence-corrected chi connectivity index (χ4v) is 2.83. The second-order valence-electron chi connectivity index (χ2n) is 5.00. The van der Waals surface area contributed by atoms with Crippen LogP contribution in [-0.2, 0) is 4.79 Å². The van der Waals surface area contributed by atoms with Gasteiger partial charge in [0.05, 0.1) is 0 Å². The van der Waals surface area contributed by atoms with E-state index in [4.69, 9.17) is 5.73 Å². The molecule has 0 aromatic heterocycles. The predicted octanol–water partition coefficient (Wildman–Crippen LogP) is 0.281. The Labute approximate surface area is 115 Å². The van der Waals surface area contributed by atoms with Crippen LogP contribution in [0.15, 0.2) is 0 Å². The summed E-state index contributed by atoms with van der Waals surface area (Å²) < 4.78 is 0. The highest BCUT2D eigenvalue weighted by molar-refractivity contribution is 5.94. The van der Waals surface area contributed by atoms with E-state index in [-0.39, 0.29) is 5.91 Å². The van der Waals surface area contributed by atoms with Crippen molar-refractivity contribution in [3.05, 3.63) is 0 Å². The molecule has 1 aliphatic rings. The van der Waals surface area contributed by atoms with Gasteiger partial charge in [0.2, 0.25) is 5.91 Å². The number of nitrogens with one attached hydrogen (secondary N) is 2. The molecule has 1 aliphatic carbocycles. The minimum absolute atomic E-state index is 0.236. The van der Waals surface area contributed by atoms with Crippen LogP contribution >= 0.6 is 0 Å². The molecule has 110 valence electrons. The van der Waals surface area contributed by atoms with E-state index in [9.17, 15) is 9.59 Å². The lowest BCUT2D eigenvalue weighted by Crippen LogP contribution is -2.43. The summed E-state index contributed by atoms with van der Waals surface area (Å²) in [5, 5.41) is 4.65. The van der Waals surface area contributed by atoms with E-state index >= 15 is 0 Å². The third-order valence-electron chi connectivity index (χ3n) is 3.90. The third-order valence-corrected chi connectivity index (χ3v) is 3.90. The fraction of sp³-hybridized carbons (Fsp3) is 0.846. The zero-order valence-electron chi connectivity index (χ0n) is 11.9. The Hall–Kier alpha value is -1.14. The number of amides is 3. The fourth-order valence-electron chi connectivity index (χ4n) is 2.83. The Balaban J connectivity index is 2.40. The Morgan fingerprint density at radius 1 is 1.37 bits per heavy atom. The molecule has 2 unspecified atom stereocenters. The van der Waals surface area contributed by atoms with Crippen molar-refractivity contribution in [2.75, 3.05) is 26.7 Å². The summed E-state index contributed by atoms with van der Waals surface area (Å²) >= 11 is 0. The van der Waals surface area contributed by atoms with Gasteiger partial charge < -0.3 is 11.1 Å². The zero-order chi connectivity index (χ0) is 14.3. The maximum absolute atomic E-state index is 11.6. The molecule has 0 bridgehead atoms. The summed E-state index contributed by atoms with van der Waals surface area (Å²) in [6.45, 7) is 4.41. The topological polar surface area (TPSA) is 87.5 Å². The van der Waals surface area contributed by atoms with Crippen molar-refractivity contribution in [2.45, 2.75) is 38.6 Å². The number of hydrogen-bond donors (Lipinski definition) is 3. The molecule has 4 N–H and O–H groups in total. The second kappa shape index (κ2) is 8.12. The number of urea groups is 1. The minimum Gasteiger partial charge on any atom is -0.341 e. The van der Waals surface area contributed by atoms with Gasteiger partial charge in [-0.25, -0.2) is 4.79 Å². The second-order valence-corrected chi connectivity index (χ2v) is 5.00. The van der Waals surface area contributed by atoms with Crippen molar-refractivity contribution in [3.8, 4) is 0 Å². The van der Waals surface area contributed by atoms with Gasteiger partial charge >= 0.3 is 6.03 Å². The molecule has 6 nitrogen and oxygen atoms in total. The quantitative estimate of drug-likeness (QED) is 0.647. The molecule has 0 heterocycles. The first-order valence-electron chi connectivity index (χ1n) is 7.08. The lowest BCUT2D eigenvalue weighted by Gasteiger charge is -2.31. The van der Waals surface area contributed by atoms with Crippen molar-refractivity contribution >= 4 is 11.9 Å². The molecule has 0 spiro atoms. The smallest absolute Gasteiger partial charge is 0.321 e. The number of nitrogens with zero attached hydrogens (tertiary/aromatic N) is 1. The van der Waals surface area contributed by atoms with Crippen LogP contribution in [0.3, 0.4) is 0 Å². The summed E-state index contributed by atoms with van der Waals surface area (Å²) in [5.74, 6) is 0.307. The van der Waals surface area contributed by atoms with Gasteiger partial charge in [-0.05, 0) is 31.8 Å². The largest absolute Gasteiger partial charge is 0.341 e. The maximum atomic E-state index is 11.6. The predicted molar refractivity (Wildman–Crippen MR) is 74.6 cm³/mol. The SMILES string of the molecule is CCN(CCC(=O)NC(=O)NC)C1CCCC1CN. The molecule has 0 aromatic carbocycles. The van der Waals surface area contributed by atoms with E-state index in [2.05, 4.69) is 22.5 Å². The number of imide groups is 1. The highest BCUT2D eigenvalue weighted by Crippen LogP contribution is 2.29. The summed E-state index contributed by atoms with van der Waals surface area (Å²) in [5.41, 5.74) is 5.80. The highest BCUT2D eigenvalue weighted by atomic mass is 16.2. The highest BCUT2D eigenvalue weighted by Gasteiger charge is 2.30. The maximum Gasteiger partial charge on any atom is 0.321 e. The molecule has 1 fully saturated rings. The van der Waals surface area contributed by atoms with Gasteiger partial charge in [-0.15, -0.1) is 0 Å². The van der Waals surface area contributed by atoms with E-state index < -0.39 is 6.03 Å². The third kappa shape index (κ3) is 4.80. The molecular formula is C13H26N4O2. The number of carbonyl (C=O) groups is 2. The Morgan fingerprint density at radius 3 is 2.68 bits per heavy atom. The van der Waals surface area contributed by atoms with Crippen molar-refractivity contribution in [3.63, 3.8) is 0 Å². The normalized spacial score (nSPS) is 22.5. The van der Waals surface area contributed by atoms with E-state index in [0.717, 1.165) is 13.0 Å². The number of carbonyl (C=O) groups excluding carboxylic acids is 2. The van der Waals surface area contributed by atoms with Crippen LogP contribution in [0.1, 0.15) is 32.6 Å². The van der Waals surface area contributed by atoms with E-state index in [0.29, 0.717) is 31.5 Å². The number of nitrogens with two attached hydrogens (primary N) is 1. The van der Waals surface area contributed by atoms with Gasteiger partial charge in [0.15, 0.2) is 0 Å². The molecule has 0 aliphatic heterocycles. The van der Waals surface area contributed by atoms with Gasteiger partial charge in [0.1, 0.15) is 0 Å². The average Bonchev–Trinajstić information content (AvgIpc) is 2.87. The van der Waals surface area contributed by atoms with Crippen LogP contribution in [-0.4, -0.2) is 49.6 Å². The molecule has 0 radical (unpaired) electrons. The van der Waals surface area contributed by atoms with Crippen molar-refractivity contribution in [2.24, 2.45) is 11.7 Å². The van der Waals surface area contributed by atoms with Crippen LogP contribution in [0.4, 0.5) is 4.79 Å². The summed E-state index contributed by atoms with van der Waals surface area (Å²) in [6.07, 6.45) is 3.90. The van der Waals surface area contributed by atoms with Crippen LogP contribution in [0.2, 0.25) is 0 Å². The molecule has 2 atom stereocenters. The lowest BCUT2D eigenvalue weighted by atomic mass is 10.0. The summed E-state index contributed by atoms with van der Waals surface area (Å²) in [4.78, 5) is 24.9. The zero-order valence-corrected chi connectivity index (χ0v) is 11.9. The minimum atomic E-state index is -0.450. The van der Waals surface area contributed by atoms with Crippen molar-refractivity contribution < 1.29 is 9.59 Å². The van der Waals surface area contributed by atoms with E-state index in [1.54, 1.807) is 0 Å². The molecule has 1 saturated carbocycles. The molecular weight excluding hydrogens is 244 g/mol. The first kappa shape index (κ1) is 15.9. The van der Waals surface area contributed by atoms with E-state index in [1.807, 2.05) is 0 Å². The summed E-state index contributed by atoms with van der Waals surface area (Å²) in [7, 11) is 1.49. The summed E-state index contributed by atoms with van der Waals surface area (Å²) in [6, 6.07) is 0.0385. The van der Waals surface area contributed by atoms with Gasteiger partial charge in [-0.2, -0.15) is 0 Å². The lowest BCUT2D eigenvalue weighted by molar-refractivity contribution is -0.120. The number of rotatable bonds is 6. The standard InChI is InChI=1S/C13H26N4O2/c1-3-17(11-6-4-5-10(11)9-14)8-7-12(18)16-13(19)15-2/h10-11H,3-9,14H2,1-2H3,(H2,15,16,18,19). The Kier molecular flexibility index (Phi) is 6.80. The molecule has 1 rings (SSSR count). The van der Waals surface area contributed by atoms with Crippen LogP contribution in [0, 0.1) is 5.92 Å². The van der Waals surface area contributed by atoms with Crippen LogP contribution in [0.25, 0.3) is 0 Å². The van der Waals surface area contributed by atoms with Crippen molar-refractivity contribution in [1.82, 2.24) is 15.5 Å². The molecule has 6 heteroatoms. The van der Waals surface area contributed by atoms with Crippen LogP contribution < -0.4 is 16.4 Å². The van der Waals surface area contributed by atoms with Gasteiger partial charge in [0, 0.05) is 26.1 Å². The number of hydrogen-bond acceptors (Lipinski definition) is 4. The van der Waals surface area contributed by atoms with Gasteiger partial charge in [-0.1, -0.05) is 13.3 Å². The molecule has 19 heavy (non-hydrogen) atoms. The monoisotopic (exact) mass is 270 g/mol. The van der Waals surface area contributed by atoms with Crippen LogP contribution in [0.5, 0.6) is 0 Å². The Morgan fingerprint density at radius 2 is 2.11 bits per heavy atom.